The summed E-state index contributed by atoms with van der Waals surface area (Å²) in [6.45, 7) is 7.42. The predicted molar refractivity (Wildman–Crippen MR) is 56.0 cm³/mol. The van der Waals surface area contributed by atoms with Gasteiger partial charge in [0.2, 0.25) is 0 Å². The van der Waals surface area contributed by atoms with E-state index in [1.54, 1.807) is 6.92 Å². The lowest BCUT2D eigenvalue weighted by atomic mass is 10.3. The first-order valence-corrected chi connectivity index (χ1v) is 4.92. The number of ketones is 1. The van der Waals surface area contributed by atoms with Crippen LogP contribution in [0.25, 0.3) is 0 Å². The second-order valence-corrected chi connectivity index (χ2v) is 3.73. The summed E-state index contributed by atoms with van der Waals surface area (Å²) >= 11 is 0. The van der Waals surface area contributed by atoms with E-state index < -0.39 is 0 Å². The predicted octanol–water partition coefficient (Wildman–Crippen LogP) is 0.849. The lowest BCUT2D eigenvalue weighted by Crippen LogP contribution is -2.31. The van der Waals surface area contributed by atoms with Crippen molar-refractivity contribution in [3.05, 3.63) is 0 Å². The number of nitrogens with zero attached hydrogens (tertiary/aromatic N) is 2. The normalized spacial score (nSPS) is 11.2. The summed E-state index contributed by atoms with van der Waals surface area (Å²) in [4.78, 5) is 15.2. The van der Waals surface area contributed by atoms with Gasteiger partial charge in [-0.15, -0.1) is 0 Å². The molecular formula is C10H22N2O. The van der Waals surface area contributed by atoms with Gasteiger partial charge >= 0.3 is 0 Å². The smallest absolute Gasteiger partial charge is 0.143 e. The maximum absolute atomic E-state index is 10.9. The molecule has 0 amide bonds. The van der Waals surface area contributed by atoms with Gasteiger partial charge in [-0.3, -0.25) is 9.69 Å². The van der Waals surface area contributed by atoms with Crippen LogP contribution in [-0.2, 0) is 4.79 Å². The van der Waals surface area contributed by atoms with E-state index in [0.717, 1.165) is 26.1 Å². The number of Topliss-reactive ketones (excluding diaryl/α,β-unsaturated/α-hetero) is 1. The molecule has 0 fully saturated rings. The number of likely N-dealkylation sites (N-methyl/N-ethyl adjacent to an activating group) is 1. The van der Waals surface area contributed by atoms with Gasteiger partial charge in [0.25, 0.3) is 0 Å². The third kappa shape index (κ3) is 7.94. The van der Waals surface area contributed by atoms with Crippen LogP contribution in [0.5, 0.6) is 0 Å². The van der Waals surface area contributed by atoms with Crippen LogP contribution in [0.2, 0.25) is 0 Å². The fourth-order valence-electron chi connectivity index (χ4n) is 1.27. The van der Waals surface area contributed by atoms with Crippen LogP contribution in [0.3, 0.4) is 0 Å². The Balaban J connectivity index is 3.53. The van der Waals surface area contributed by atoms with E-state index in [-0.39, 0.29) is 5.78 Å². The summed E-state index contributed by atoms with van der Waals surface area (Å²) in [5, 5.41) is 0. The zero-order valence-corrected chi connectivity index (χ0v) is 9.34. The van der Waals surface area contributed by atoms with E-state index in [2.05, 4.69) is 30.8 Å². The number of hydrogen-bond donors (Lipinski definition) is 0. The highest BCUT2D eigenvalue weighted by Crippen LogP contribution is 1.92. The molecule has 0 rings (SSSR count). The molecule has 0 N–H and O–H groups in total. The quantitative estimate of drug-likeness (QED) is 0.589. The van der Waals surface area contributed by atoms with Gasteiger partial charge in [0.15, 0.2) is 0 Å². The molecular weight excluding hydrogens is 164 g/mol. The van der Waals surface area contributed by atoms with Crippen molar-refractivity contribution in [3.63, 3.8) is 0 Å². The van der Waals surface area contributed by atoms with Crippen molar-refractivity contribution in [2.24, 2.45) is 0 Å². The minimum atomic E-state index is 0.256. The molecule has 0 radical (unpaired) electrons. The van der Waals surface area contributed by atoms with Crippen LogP contribution in [0.1, 0.15) is 20.3 Å². The van der Waals surface area contributed by atoms with Gasteiger partial charge in [0, 0.05) is 0 Å². The van der Waals surface area contributed by atoms with Gasteiger partial charge in [-0.05, 0) is 47.1 Å². The Morgan fingerprint density at radius 2 is 1.85 bits per heavy atom. The van der Waals surface area contributed by atoms with Gasteiger partial charge in [-0.25, -0.2) is 0 Å². The first-order valence-electron chi connectivity index (χ1n) is 4.92. The zero-order valence-electron chi connectivity index (χ0n) is 9.34. The molecule has 0 aliphatic rings. The maximum Gasteiger partial charge on any atom is 0.143 e. The minimum absolute atomic E-state index is 0.256. The standard InChI is InChI=1S/C10H22N2O/c1-5-12(9-10(2)13)8-6-7-11(3)4/h5-9H2,1-4H3. The topological polar surface area (TPSA) is 23.6 Å². The van der Waals surface area contributed by atoms with E-state index >= 15 is 0 Å². The number of carbonyl (C=O) groups excluding carboxylic acids is 1. The molecule has 0 heterocycles. The fourth-order valence-corrected chi connectivity index (χ4v) is 1.27. The maximum atomic E-state index is 10.9. The van der Waals surface area contributed by atoms with Crippen LogP contribution >= 0.6 is 0 Å². The summed E-state index contributed by atoms with van der Waals surface area (Å²) < 4.78 is 0. The molecule has 0 aliphatic heterocycles. The Kier molecular flexibility index (Phi) is 6.82. The second kappa shape index (κ2) is 7.04. The summed E-state index contributed by atoms with van der Waals surface area (Å²) in [6.07, 6.45) is 1.13. The van der Waals surface area contributed by atoms with Crippen LogP contribution in [0.15, 0.2) is 0 Å². The Morgan fingerprint density at radius 3 is 2.23 bits per heavy atom. The Morgan fingerprint density at radius 1 is 1.23 bits per heavy atom. The highest BCUT2D eigenvalue weighted by molar-refractivity contribution is 5.77. The van der Waals surface area contributed by atoms with Crippen molar-refractivity contribution >= 4 is 5.78 Å². The molecule has 0 atom stereocenters. The molecule has 0 aromatic carbocycles. The molecule has 3 heteroatoms. The van der Waals surface area contributed by atoms with Crippen LogP contribution < -0.4 is 0 Å². The average Bonchev–Trinajstić information content (AvgIpc) is 2.01. The van der Waals surface area contributed by atoms with Crippen molar-refractivity contribution in [2.45, 2.75) is 20.3 Å². The van der Waals surface area contributed by atoms with E-state index in [4.69, 9.17) is 0 Å². The Hall–Kier alpha value is -0.410. The molecule has 0 unspecified atom stereocenters. The SMILES string of the molecule is CCN(CCCN(C)C)CC(C)=O. The van der Waals surface area contributed by atoms with Gasteiger partial charge in [-0.1, -0.05) is 6.92 Å². The van der Waals surface area contributed by atoms with Crippen LogP contribution in [0.4, 0.5) is 0 Å². The largest absolute Gasteiger partial charge is 0.309 e. The Bertz CT molecular complexity index is 146. The van der Waals surface area contributed by atoms with E-state index in [0.29, 0.717) is 6.54 Å². The summed E-state index contributed by atoms with van der Waals surface area (Å²) in [7, 11) is 4.14. The van der Waals surface area contributed by atoms with Crippen LogP contribution in [-0.4, -0.2) is 55.9 Å². The third-order valence-electron chi connectivity index (χ3n) is 1.97. The van der Waals surface area contributed by atoms with Crippen molar-refractivity contribution < 1.29 is 4.79 Å². The lowest BCUT2D eigenvalue weighted by molar-refractivity contribution is -0.118. The van der Waals surface area contributed by atoms with Gasteiger partial charge in [0.05, 0.1) is 6.54 Å². The number of carbonyl (C=O) groups is 1. The van der Waals surface area contributed by atoms with Crippen molar-refractivity contribution in [2.75, 3.05) is 40.3 Å². The molecule has 13 heavy (non-hydrogen) atoms. The third-order valence-corrected chi connectivity index (χ3v) is 1.97. The van der Waals surface area contributed by atoms with Crippen molar-refractivity contribution in [1.29, 1.82) is 0 Å². The fraction of sp³-hybridized carbons (Fsp3) is 0.900. The first kappa shape index (κ1) is 12.6. The monoisotopic (exact) mass is 186 g/mol. The van der Waals surface area contributed by atoms with Crippen LogP contribution in [0, 0.1) is 0 Å². The molecule has 3 nitrogen and oxygen atoms in total. The lowest BCUT2D eigenvalue weighted by Gasteiger charge is -2.19. The highest BCUT2D eigenvalue weighted by Gasteiger charge is 2.04. The average molecular weight is 186 g/mol. The second-order valence-electron chi connectivity index (χ2n) is 3.73. The molecule has 0 aromatic heterocycles. The number of hydrogen-bond acceptors (Lipinski definition) is 3. The molecule has 0 aromatic rings. The van der Waals surface area contributed by atoms with Crippen molar-refractivity contribution in [3.8, 4) is 0 Å². The molecule has 78 valence electrons. The molecule has 0 spiro atoms. The zero-order chi connectivity index (χ0) is 10.3. The van der Waals surface area contributed by atoms with E-state index in [9.17, 15) is 4.79 Å². The molecule has 0 bridgehead atoms. The summed E-state index contributed by atoms with van der Waals surface area (Å²) in [5.74, 6) is 0.256. The van der Waals surface area contributed by atoms with Gasteiger partial charge < -0.3 is 4.90 Å². The highest BCUT2D eigenvalue weighted by atomic mass is 16.1. The molecule has 0 saturated carbocycles. The van der Waals surface area contributed by atoms with Crippen molar-refractivity contribution in [1.82, 2.24) is 9.80 Å². The van der Waals surface area contributed by atoms with Gasteiger partial charge in [-0.2, -0.15) is 0 Å². The summed E-state index contributed by atoms with van der Waals surface area (Å²) in [6, 6.07) is 0. The van der Waals surface area contributed by atoms with E-state index in [1.165, 1.54) is 0 Å². The molecule has 0 aliphatic carbocycles. The van der Waals surface area contributed by atoms with E-state index in [1.807, 2.05) is 0 Å². The summed E-state index contributed by atoms with van der Waals surface area (Å²) in [5.41, 5.74) is 0. The molecule has 0 saturated heterocycles. The first-order chi connectivity index (χ1) is 6.06. The van der Waals surface area contributed by atoms with Gasteiger partial charge in [0.1, 0.15) is 5.78 Å². The number of rotatable bonds is 7. The minimum Gasteiger partial charge on any atom is -0.309 e. The Labute approximate surface area is 81.7 Å².